The number of aromatic hydroxyl groups is 1. The van der Waals surface area contributed by atoms with E-state index in [-0.39, 0.29) is 16.9 Å². The molecule has 0 spiro atoms. The maximum absolute atomic E-state index is 12.6. The SMILES string of the molecule is CN(C)Cc1ccccc1Cc1ccc(-c2c(O)c3ccc(Cl)cc3[nH]c2=O)cc1.CS(=O)(=O)O.CS(=O)(=O)O. The van der Waals surface area contributed by atoms with Crippen LogP contribution < -0.4 is 5.56 Å². The average Bonchev–Trinajstić information content (AvgIpc) is 2.79. The van der Waals surface area contributed by atoms with Gasteiger partial charge in [-0.1, -0.05) is 60.1 Å². The molecule has 13 heteroatoms. The van der Waals surface area contributed by atoms with E-state index in [1.54, 1.807) is 18.2 Å². The second-order valence-electron chi connectivity index (χ2n) is 9.21. The summed E-state index contributed by atoms with van der Waals surface area (Å²) in [5, 5.41) is 11.8. The molecule has 4 N–H and O–H groups in total. The van der Waals surface area contributed by atoms with Crippen molar-refractivity contribution in [3.63, 3.8) is 0 Å². The molecule has 0 saturated carbocycles. The maximum Gasteiger partial charge on any atom is 0.261 e. The van der Waals surface area contributed by atoms with Crippen LogP contribution in [0.5, 0.6) is 5.75 Å². The van der Waals surface area contributed by atoms with Gasteiger partial charge in [-0.3, -0.25) is 13.9 Å². The lowest BCUT2D eigenvalue weighted by atomic mass is 9.97. The summed E-state index contributed by atoms with van der Waals surface area (Å²) >= 11 is 6.00. The molecule has 1 aromatic heterocycles. The van der Waals surface area contributed by atoms with Crippen LogP contribution in [0.1, 0.15) is 16.7 Å². The Hall–Kier alpha value is -3.26. The van der Waals surface area contributed by atoms with Gasteiger partial charge >= 0.3 is 0 Å². The highest BCUT2D eigenvalue weighted by molar-refractivity contribution is 7.85. The minimum Gasteiger partial charge on any atom is -0.506 e. The standard InChI is InChI=1S/C25H23ClN2O2.2CH4O3S/c1-28(2)15-19-6-4-3-5-18(19)13-16-7-9-17(10-8-16)23-24(29)21-12-11-20(26)14-22(21)27-25(23)30;2*1-5(2,3)4/h3-12,14H,13,15H2,1-2H3,(H2,27,29,30);2*1H3,(H,2,3,4). The number of pyridine rings is 1. The average molecular weight is 611 g/mol. The molecule has 0 atom stereocenters. The first-order valence-corrected chi connectivity index (χ1v) is 15.7. The van der Waals surface area contributed by atoms with Gasteiger partial charge < -0.3 is 15.0 Å². The summed E-state index contributed by atoms with van der Waals surface area (Å²) in [6.07, 6.45) is 2.24. The van der Waals surface area contributed by atoms with E-state index in [1.807, 2.05) is 24.3 Å². The number of rotatable bonds is 5. The first-order valence-electron chi connectivity index (χ1n) is 11.6. The van der Waals surface area contributed by atoms with Gasteiger partial charge in [0, 0.05) is 17.0 Å². The van der Waals surface area contributed by atoms with Crippen molar-refractivity contribution >= 4 is 42.7 Å². The number of hydrogen-bond acceptors (Lipinski definition) is 7. The molecule has 0 radical (unpaired) electrons. The van der Waals surface area contributed by atoms with Crippen molar-refractivity contribution in [2.75, 3.05) is 26.6 Å². The Labute approximate surface area is 238 Å². The molecular formula is C27H31ClN2O8S2. The molecule has 4 rings (SSSR count). The van der Waals surface area contributed by atoms with Crippen molar-refractivity contribution in [2.24, 2.45) is 0 Å². The lowest BCUT2D eigenvalue weighted by molar-refractivity contribution is 0.401. The van der Waals surface area contributed by atoms with Crippen LogP contribution in [0, 0.1) is 0 Å². The highest BCUT2D eigenvalue weighted by Gasteiger charge is 2.14. The normalized spacial score (nSPS) is 11.4. The third-order valence-electron chi connectivity index (χ3n) is 5.19. The second-order valence-corrected chi connectivity index (χ2v) is 12.6. The lowest BCUT2D eigenvalue weighted by Gasteiger charge is -2.14. The fourth-order valence-electron chi connectivity index (χ4n) is 3.76. The van der Waals surface area contributed by atoms with E-state index in [2.05, 4.69) is 48.2 Å². The van der Waals surface area contributed by atoms with Gasteiger partial charge in [-0.05, 0) is 61.0 Å². The quantitative estimate of drug-likeness (QED) is 0.242. The smallest absolute Gasteiger partial charge is 0.261 e. The van der Waals surface area contributed by atoms with Gasteiger partial charge in [0.25, 0.3) is 25.8 Å². The monoisotopic (exact) mass is 610 g/mol. The summed E-state index contributed by atoms with van der Waals surface area (Å²) < 4.78 is 51.7. The van der Waals surface area contributed by atoms with Crippen LogP contribution in [0.4, 0.5) is 0 Å². The Morgan fingerprint density at radius 3 is 1.90 bits per heavy atom. The predicted octanol–water partition coefficient (Wildman–Crippen LogP) is 4.21. The van der Waals surface area contributed by atoms with Gasteiger partial charge in [-0.2, -0.15) is 16.8 Å². The van der Waals surface area contributed by atoms with Crippen molar-refractivity contribution in [2.45, 2.75) is 13.0 Å². The third-order valence-corrected chi connectivity index (χ3v) is 5.43. The number of H-pyrrole nitrogens is 1. The van der Waals surface area contributed by atoms with Crippen LogP contribution in [0.3, 0.4) is 0 Å². The second kappa shape index (κ2) is 13.9. The molecule has 10 nitrogen and oxygen atoms in total. The Kier molecular flexibility index (Phi) is 11.4. The first kappa shape index (κ1) is 32.9. The number of halogens is 1. The summed E-state index contributed by atoms with van der Waals surface area (Å²) in [6.45, 7) is 0.888. The fraction of sp³-hybridized carbons (Fsp3) is 0.222. The number of nitrogens with one attached hydrogen (secondary N) is 1. The van der Waals surface area contributed by atoms with Crippen molar-refractivity contribution in [3.8, 4) is 16.9 Å². The molecule has 3 aromatic carbocycles. The molecular weight excluding hydrogens is 580 g/mol. The van der Waals surface area contributed by atoms with E-state index in [0.29, 0.717) is 34.0 Å². The molecule has 0 amide bonds. The molecule has 4 aromatic rings. The molecule has 0 aliphatic heterocycles. The summed E-state index contributed by atoms with van der Waals surface area (Å²) in [4.78, 5) is 17.6. The lowest BCUT2D eigenvalue weighted by Crippen LogP contribution is -2.12. The van der Waals surface area contributed by atoms with E-state index in [9.17, 15) is 26.7 Å². The zero-order valence-corrected chi connectivity index (χ0v) is 24.7. The maximum atomic E-state index is 12.6. The molecule has 0 saturated heterocycles. The van der Waals surface area contributed by atoms with Crippen LogP contribution in [0.25, 0.3) is 22.0 Å². The van der Waals surface area contributed by atoms with E-state index in [4.69, 9.17) is 20.7 Å². The summed E-state index contributed by atoms with van der Waals surface area (Å²) in [5.41, 5.74) is 4.85. The number of aromatic nitrogens is 1. The van der Waals surface area contributed by atoms with Crippen molar-refractivity contribution in [1.29, 1.82) is 0 Å². The first-order chi connectivity index (χ1) is 18.4. The topological polar surface area (TPSA) is 165 Å². The number of aromatic amines is 1. The molecule has 1 heterocycles. The Morgan fingerprint density at radius 1 is 0.850 bits per heavy atom. The third kappa shape index (κ3) is 11.5. The van der Waals surface area contributed by atoms with Crippen LogP contribution in [0.2, 0.25) is 5.02 Å². The minimum atomic E-state index is -3.67. The molecule has 0 unspecified atom stereocenters. The van der Waals surface area contributed by atoms with Crippen molar-refractivity contribution < 1.29 is 31.0 Å². The summed E-state index contributed by atoms with van der Waals surface area (Å²) in [7, 11) is -3.21. The van der Waals surface area contributed by atoms with E-state index >= 15 is 0 Å². The molecule has 216 valence electrons. The predicted molar refractivity (Wildman–Crippen MR) is 158 cm³/mol. The van der Waals surface area contributed by atoms with Gasteiger partial charge in [0.2, 0.25) is 0 Å². The van der Waals surface area contributed by atoms with E-state index in [0.717, 1.165) is 18.5 Å². The molecule has 0 aliphatic rings. The molecule has 0 aliphatic carbocycles. The molecule has 0 fully saturated rings. The Bertz CT molecular complexity index is 1690. The number of benzene rings is 3. The zero-order valence-electron chi connectivity index (χ0n) is 22.3. The van der Waals surface area contributed by atoms with Crippen LogP contribution >= 0.6 is 11.6 Å². The zero-order chi connectivity index (χ0) is 30.3. The highest BCUT2D eigenvalue weighted by Crippen LogP contribution is 2.33. The van der Waals surface area contributed by atoms with Crippen LogP contribution in [0.15, 0.2) is 71.5 Å². The van der Waals surface area contributed by atoms with E-state index in [1.165, 1.54) is 11.1 Å². The van der Waals surface area contributed by atoms with Gasteiger partial charge in [0.15, 0.2) is 0 Å². The largest absolute Gasteiger partial charge is 0.506 e. The molecule has 40 heavy (non-hydrogen) atoms. The number of hydrogen-bond donors (Lipinski definition) is 4. The van der Waals surface area contributed by atoms with Gasteiger partial charge in [-0.25, -0.2) is 0 Å². The van der Waals surface area contributed by atoms with Gasteiger partial charge in [-0.15, -0.1) is 0 Å². The van der Waals surface area contributed by atoms with Gasteiger partial charge in [0.1, 0.15) is 5.75 Å². The van der Waals surface area contributed by atoms with E-state index < -0.39 is 20.2 Å². The van der Waals surface area contributed by atoms with Gasteiger partial charge in [0.05, 0.1) is 23.6 Å². The Morgan fingerprint density at radius 2 is 1.38 bits per heavy atom. The summed E-state index contributed by atoms with van der Waals surface area (Å²) in [5.74, 6) is -0.0329. The Balaban J connectivity index is 0.000000482. The van der Waals surface area contributed by atoms with Crippen molar-refractivity contribution in [3.05, 3.63) is 98.8 Å². The number of nitrogens with zero attached hydrogens (tertiary/aromatic N) is 1. The molecule has 0 bridgehead atoms. The van der Waals surface area contributed by atoms with Crippen LogP contribution in [-0.4, -0.2) is 67.5 Å². The van der Waals surface area contributed by atoms with Crippen molar-refractivity contribution in [1.82, 2.24) is 9.88 Å². The number of fused-ring (bicyclic) bond motifs is 1. The summed E-state index contributed by atoms with van der Waals surface area (Å²) in [6, 6.07) is 21.2. The highest BCUT2D eigenvalue weighted by atomic mass is 35.5. The van der Waals surface area contributed by atoms with Crippen LogP contribution in [-0.2, 0) is 33.2 Å². The fourth-order valence-corrected chi connectivity index (χ4v) is 3.93. The minimum absolute atomic E-state index is 0.0329.